The van der Waals surface area contributed by atoms with Gasteiger partial charge < -0.3 is 13.9 Å². The van der Waals surface area contributed by atoms with Crippen molar-refractivity contribution in [1.82, 2.24) is 25.6 Å². The van der Waals surface area contributed by atoms with Gasteiger partial charge in [-0.25, -0.2) is 10.1 Å². The fourth-order valence-corrected chi connectivity index (χ4v) is 3.77. The van der Waals surface area contributed by atoms with Gasteiger partial charge in [-0.3, -0.25) is 0 Å². The average molecular weight is 472 g/mol. The van der Waals surface area contributed by atoms with Gasteiger partial charge in [0.25, 0.3) is 0 Å². The molecule has 0 aliphatic rings. The topological polar surface area (TPSA) is 99.0 Å². The van der Waals surface area contributed by atoms with Crippen molar-refractivity contribution in [2.24, 2.45) is 0 Å². The second-order valence-corrected chi connectivity index (χ2v) is 8.03. The summed E-state index contributed by atoms with van der Waals surface area (Å²) in [5, 5.41) is 14.1. The van der Waals surface area contributed by atoms with Crippen molar-refractivity contribution in [2.45, 2.75) is 44.9 Å². The Morgan fingerprint density at radius 2 is 1.53 bits per heavy atom. The summed E-state index contributed by atoms with van der Waals surface area (Å²) < 4.78 is 16.8. The molecule has 0 saturated carbocycles. The Labute approximate surface area is 221 Å². The first-order valence-electron chi connectivity index (χ1n) is 11.2. The zero-order valence-electron chi connectivity index (χ0n) is 19.2. The van der Waals surface area contributed by atoms with Gasteiger partial charge in [0.15, 0.2) is 17.5 Å². The second kappa shape index (κ2) is 12.7. The van der Waals surface area contributed by atoms with Crippen LogP contribution >= 0.6 is 0 Å². The van der Waals surface area contributed by atoms with Crippen molar-refractivity contribution < 1.29 is 13.9 Å². The summed E-state index contributed by atoms with van der Waals surface area (Å²) in [4.78, 5) is 4.86. The summed E-state index contributed by atoms with van der Waals surface area (Å²) in [5.41, 5.74) is 2.80. The van der Waals surface area contributed by atoms with Crippen molar-refractivity contribution >= 4 is 29.6 Å². The molecule has 0 spiro atoms. The molecule has 2 heterocycles. The number of oxazole rings is 1. The summed E-state index contributed by atoms with van der Waals surface area (Å²) in [5.74, 6) is 4.30. The van der Waals surface area contributed by atoms with E-state index in [1.165, 1.54) is 0 Å². The zero-order chi connectivity index (χ0) is 23.0. The number of aromatic amines is 1. The number of hydrogen-bond acceptors (Lipinski definition) is 7. The number of tetrazole rings is 1. The number of aryl methyl sites for hydroxylation is 1. The van der Waals surface area contributed by atoms with Crippen LogP contribution in [0.1, 0.15) is 50.2 Å². The summed E-state index contributed by atoms with van der Waals surface area (Å²) in [6.45, 7) is 2.14. The van der Waals surface area contributed by atoms with Crippen molar-refractivity contribution in [3.8, 4) is 34.1 Å². The zero-order valence-corrected chi connectivity index (χ0v) is 19.2. The Bertz CT molecular complexity index is 1060. The molecule has 0 fully saturated rings. The summed E-state index contributed by atoms with van der Waals surface area (Å²) in [6, 6.07) is 15.7. The van der Waals surface area contributed by atoms with E-state index in [1.807, 2.05) is 48.5 Å². The van der Waals surface area contributed by atoms with Crippen molar-refractivity contribution in [2.75, 3.05) is 14.2 Å². The van der Waals surface area contributed by atoms with Gasteiger partial charge >= 0.3 is 29.6 Å². The fourth-order valence-electron chi connectivity index (χ4n) is 3.77. The molecular weight excluding hydrogens is 441 g/mol. The molecule has 0 radical (unpaired) electrons. The molecule has 4 rings (SSSR count). The molecule has 0 saturated heterocycles. The minimum absolute atomic E-state index is 0. The normalized spacial score (nSPS) is 11.6. The van der Waals surface area contributed by atoms with Crippen LogP contribution in [-0.4, -0.2) is 69.4 Å². The van der Waals surface area contributed by atoms with Crippen LogP contribution in [0.3, 0.4) is 0 Å². The molecule has 2 aromatic heterocycles. The molecule has 2 aromatic carbocycles. The molecule has 1 N–H and O–H groups in total. The van der Waals surface area contributed by atoms with E-state index in [1.54, 1.807) is 14.2 Å². The predicted molar refractivity (Wildman–Crippen MR) is 132 cm³/mol. The number of nitrogens with zero attached hydrogens (tertiary/aromatic N) is 4. The van der Waals surface area contributed by atoms with Gasteiger partial charge in [0.05, 0.1) is 14.2 Å². The van der Waals surface area contributed by atoms with E-state index in [9.17, 15) is 0 Å². The molecule has 9 heteroatoms. The Morgan fingerprint density at radius 3 is 2.12 bits per heavy atom. The third kappa shape index (κ3) is 6.46. The SMILES string of the molecule is COc1ccc(-c2nc(CCCCCC(C)c3nnn[nH]3)oc2-c2ccc(OC)cc2)cc1.[NaH]. The summed E-state index contributed by atoms with van der Waals surface area (Å²) in [7, 11) is 3.32. The molecule has 0 aliphatic carbocycles. The van der Waals surface area contributed by atoms with Gasteiger partial charge in [0, 0.05) is 23.5 Å². The molecule has 34 heavy (non-hydrogen) atoms. The van der Waals surface area contributed by atoms with Crippen LogP contribution in [0.5, 0.6) is 11.5 Å². The molecule has 174 valence electrons. The number of rotatable bonds is 11. The van der Waals surface area contributed by atoms with E-state index < -0.39 is 0 Å². The maximum absolute atomic E-state index is 6.26. The summed E-state index contributed by atoms with van der Waals surface area (Å²) >= 11 is 0. The standard InChI is InChI=1S/C25H29N5O3.Na.H/c1-17(25-27-29-30-28-25)7-5-4-6-8-22-26-23(18-9-13-20(31-2)14-10-18)24(33-22)19-11-15-21(32-3)16-12-19;;/h9-17H,4-8H2,1-3H3,(H,27,28,29,30);;. The molecule has 0 bridgehead atoms. The number of aromatic nitrogens is 5. The monoisotopic (exact) mass is 471 g/mol. The van der Waals surface area contributed by atoms with E-state index in [0.29, 0.717) is 5.92 Å². The van der Waals surface area contributed by atoms with Crippen LogP contribution in [-0.2, 0) is 6.42 Å². The van der Waals surface area contributed by atoms with Crippen LogP contribution in [0.15, 0.2) is 52.9 Å². The molecule has 1 unspecified atom stereocenters. The molecule has 0 amide bonds. The third-order valence-corrected chi connectivity index (χ3v) is 5.74. The summed E-state index contributed by atoms with van der Waals surface area (Å²) in [6.07, 6.45) is 5.02. The fraction of sp³-hybridized carbons (Fsp3) is 0.360. The second-order valence-electron chi connectivity index (χ2n) is 8.03. The van der Waals surface area contributed by atoms with Crippen LogP contribution < -0.4 is 9.47 Å². The van der Waals surface area contributed by atoms with E-state index in [4.69, 9.17) is 18.9 Å². The van der Waals surface area contributed by atoms with Gasteiger partial charge in [0.1, 0.15) is 17.2 Å². The van der Waals surface area contributed by atoms with Gasteiger partial charge in [-0.15, -0.1) is 5.10 Å². The average Bonchev–Trinajstić information content (AvgIpc) is 3.55. The van der Waals surface area contributed by atoms with Gasteiger partial charge in [-0.2, -0.15) is 0 Å². The number of H-pyrrole nitrogens is 1. The Balaban J connectivity index is 0.00000324. The van der Waals surface area contributed by atoms with Crippen molar-refractivity contribution in [3.05, 3.63) is 60.2 Å². The predicted octanol–water partition coefficient (Wildman–Crippen LogP) is 4.80. The van der Waals surface area contributed by atoms with Crippen LogP contribution in [0.25, 0.3) is 22.6 Å². The van der Waals surface area contributed by atoms with Gasteiger partial charge in [0.2, 0.25) is 0 Å². The molecule has 8 nitrogen and oxygen atoms in total. The van der Waals surface area contributed by atoms with E-state index >= 15 is 0 Å². The Hall–Kier alpha value is -2.68. The molecule has 4 aromatic rings. The Morgan fingerprint density at radius 1 is 0.882 bits per heavy atom. The third-order valence-electron chi connectivity index (χ3n) is 5.74. The molecular formula is C25H30N5NaO3. The van der Waals surface area contributed by atoms with Gasteiger partial charge in [-0.05, 0) is 71.8 Å². The maximum atomic E-state index is 6.26. The first kappa shape index (κ1) is 25.9. The first-order chi connectivity index (χ1) is 16.2. The number of benzene rings is 2. The number of hydrogen-bond donors (Lipinski definition) is 1. The number of nitrogens with one attached hydrogen (secondary N) is 1. The molecule has 1 atom stereocenters. The van der Waals surface area contributed by atoms with Crippen molar-refractivity contribution in [1.29, 1.82) is 0 Å². The van der Waals surface area contributed by atoms with Crippen molar-refractivity contribution in [3.63, 3.8) is 0 Å². The number of unbranched alkanes of at least 4 members (excludes halogenated alkanes) is 2. The van der Waals surface area contributed by atoms with Crippen LogP contribution in [0, 0.1) is 0 Å². The molecule has 0 aliphatic heterocycles. The van der Waals surface area contributed by atoms with Crippen LogP contribution in [0.4, 0.5) is 0 Å². The minimum atomic E-state index is 0. The van der Waals surface area contributed by atoms with E-state index in [2.05, 4.69) is 27.5 Å². The first-order valence-corrected chi connectivity index (χ1v) is 11.2. The number of ether oxygens (including phenoxy) is 2. The Kier molecular flexibility index (Phi) is 9.68. The van der Waals surface area contributed by atoms with E-state index in [-0.39, 0.29) is 29.6 Å². The van der Waals surface area contributed by atoms with Crippen LogP contribution in [0.2, 0.25) is 0 Å². The quantitative estimate of drug-likeness (QED) is 0.248. The van der Waals surface area contributed by atoms with E-state index in [0.717, 1.165) is 77.9 Å². The van der Waals surface area contributed by atoms with Gasteiger partial charge in [-0.1, -0.05) is 19.8 Å². The number of methoxy groups -OCH3 is 2.